The van der Waals surface area contributed by atoms with E-state index in [1.165, 1.54) is 16.0 Å². The van der Waals surface area contributed by atoms with Crippen molar-refractivity contribution < 1.29 is 24.6 Å². The summed E-state index contributed by atoms with van der Waals surface area (Å²) in [5.74, 6) is -3.17. The van der Waals surface area contributed by atoms with Crippen molar-refractivity contribution >= 4 is 29.2 Å². The highest BCUT2D eigenvalue weighted by Gasteiger charge is 2.27. The first-order valence-electron chi connectivity index (χ1n) is 9.78. The minimum Gasteiger partial charge on any atom is -0.473 e. The van der Waals surface area contributed by atoms with Gasteiger partial charge in [0.15, 0.2) is 0 Å². The van der Waals surface area contributed by atoms with E-state index in [1.807, 2.05) is 41.5 Å². The Morgan fingerprint density at radius 2 is 1.67 bits per heavy atom. The second kappa shape index (κ2) is 11.5. The summed E-state index contributed by atoms with van der Waals surface area (Å²) in [6, 6.07) is 12.4. The molecule has 162 valence electrons. The van der Waals surface area contributed by atoms with E-state index in [9.17, 15) is 4.79 Å². The molecule has 0 aliphatic carbocycles. The van der Waals surface area contributed by atoms with Gasteiger partial charge in [0.2, 0.25) is 5.91 Å². The van der Waals surface area contributed by atoms with Crippen LogP contribution in [0.5, 0.6) is 0 Å². The first kappa shape index (κ1) is 23.6. The maximum atomic E-state index is 12.7. The Kier molecular flexibility index (Phi) is 9.01. The summed E-state index contributed by atoms with van der Waals surface area (Å²) in [6.07, 6.45) is 1.95. The van der Waals surface area contributed by atoms with E-state index < -0.39 is 11.9 Å². The van der Waals surface area contributed by atoms with Crippen LogP contribution < -0.4 is 0 Å². The normalized spacial score (nSPS) is 14.5. The lowest BCUT2D eigenvalue weighted by Crippen LogP contribution is -2.40. The number of carbonyl (C=O) groups excluding carboxylic acids is 1. The van der Waals surface area contributed by atoms with Crippen LogP contribution in [0.2, 0.25) is 0 Å². The highest BCUT2D eigenvalue weighted by atomic mass is 32.1. The molecule has 3 rings (SSSR count). The first-order valence-corrected chi connectivity index (χ1v) is 10.7. The fourth-order valence-electron chi connectivity index (χ4n) is 3.35. The van der Waals surface area contributed by atoms with Gasteiger partial charge in [0.1, 0.15) is 0 Å². The van der Waals surface area contributed by atoms with Crippen LogP contribution in [0.1, 0.15) is 28.8 Å². The number of likely N-dealkylation sites (tertiary alicyclic amines) is 1. The van der Waals surface area contributed by atoms with Crippen molar-refractivity contribution in [1.29, 1.82) is 0 Å². The number of rotatable bonds is 5. The lowest BCUT2D eigenvalue weighted by atomic mass is 9.95. The van der Waals surface area contributed by atoms with E-state index in [1.54, 1.807) is 0 Å². The maximum Gasteiger partial charge on any atom is 0.414 e. The third-order valence-corrected chi connectivity index (χ3v) is 6.10. The van der Waals surface area contributed by atoms with Crippen LogP contribution in [-0.2, 0) is 27.5 Å². The Bertz CT molecular complexity index is 832. The molecule has 2 N–H and O–H groups in total. The fraction of sp³-hybridized carbons (Fsp3) is 0.409. The minimum absolute atomic E-state index is 0.180. The van der Waals surface area contributed by atoms with Crippen LogP contribution in [0.15, 0.2) is 41.8 Å². The van der Waals surface area contributed by atoms with E-state index in [4.69, 9.17) is 19.8 Å². The Morgan fingerprint density at radius 3 is 2.17 bits per heavy atom. The summed E-state index contributed by atoms with van der Waals surface area (Å²) >= 11 is 1.84. The van der Waals surface area contributed by atoms with Crippen molar-refractivity contribution in [3.8, 4) is 0 Å². The predicted octanol–water partition coefficient (Wildman–Crippen LogP) is 3.08. The van der Waals surface area contributed by atoms with Gasteiger partial charge in [-0.2, -0.15) is 0 Å². The van der Waals surface area contributed by atoms with E-state index >= 15 is 0 Å². The van der Waals surface area contributed by atoms with Crippen LogP contribution in [-0.4, -0.2) is 58.0 Å². The quantitative estimate of drug-likeness (QED) is 0.705. The molecule has 7 nitrogen and oxygen atoms in total. The predicted molar refractivity (Wildman–Crippen MR) is 115 cm³/mol. The highest BCUT2D eigenvalue weighted by molar-refractivity contribution is 7.10. The number of aliphatic carboxylic acids is 2. The van der Waals surface area contributed by atoms with Gasteiger partial charge in [-0.3, -0.25) is 9.69 Å². The molecule has 0 spiro atoms. The van der Waals surface area contributed by atoms with Crippen LogP contribution >= 0.6 is 11.3 Å². The van der Waals surface area contributed by atoms with Gasteiger partial charge in [0, 0.05) is 30.9 Å². The number of aryl methyl sites for hydroxylation is 1. The molecule has 1 aromatic heterocycles. The Balaban J connectivity index is 0.000000469. The molecule has 1 amide bonds. The lowest BCUT2D eigenvalue weighted by molar-refractivity contribution is -0.159. The van der Waals surface area contributed by atoms with Gasteiger partial charge in [-0.1, -0.05) is 30.3 Å². The Morgan fingerprint density at radius 1 is 1.07 bits per heavy atom. The van der Waals surface area contributed by atoms with Crippen LogP contribution in [0.4, 0.5) is 0 Å². The number of carboxylic acids is 2. The Labute approximate surface area is 180 Å². The second-order valence-corrected chi connectivity index (χ2v) is 8.37. The summed E-state index contributed by atoms with van der Waals surface area (Å²) < 4.78 is 0. The smallest absolute Gasteiger partial charge is 0.414 e. The number of piperidine rings is 1. The van der Waals surface area contributed by atoms with Crippen molar-refractivity contribution in [1.82, 2.24) is 9.80 Å². The summed E-state index contributed by atoms with van der Waals surface area (Å²) in [6.45, 7) is 5.96. The molecule has 0 bridgehead atoms. The van der Waals surface area contributed by atoms with Crippen molar-refractivity contribution in [3.63, 3.8) is 0 Å². The standard InChI is InChI=1S/C20H26N2OS.C2H2O4/c1-16-10-13-24-19(16)15-22-11-8-18(9-12-22)20(23)21(2)14-17-6-4-3-5-7-17;3-1(4)2(5)6/h3-7,10,13,18H,8-9,11-12,14-15H2,1-2H3;(H,3,4)(H,5,6). The summed E-state index contributed by atoms with van der Waals surface area (Å²) in [4.78, 5) is 36.7. The van der Waals surface area contributed by atoms with Gasteiger partial charge in [-0.15, -0.1) is 11.3 Å². The second-order valence-electron chi connectivity index (χ2n) is 7.37. The number of benzene rings is 1. The van der Waals surface area contributed by atoms with E-state index in [0.717, 1.165) is 32.5 Å². The van der Waals surface area contributed by atoms with Gasteiger partial charge in [-0.05, 0) is 55.4 Å². The Hall–Kier alpha value is -2.71. The molecule has 1 aliphatic rings. The molecule has 1 aliphatic heterocycles. The molecule has 1 saturated heterocycles. The van der Waals surface area contributed by atoms with Gasteiger partial charge in [0.05, 0.1) is 0 Å². The molecular formula is C22H28N2O5S. The number of hydrogen-bond donors (Lipinski definition) is 2. The molecule has 2 aromatic rings. The van der Waals surface area contributed by atoms with E-state index in [0.29, 0.717) is 12.5 Å². The number of hydrogen-bond acceptors (Lipinski definition) is 5. The van der Waals surface area contributed by atoms with Crippen molar-refractivity contribution in [3.05, 3.63) is 57.8 Å². The average Bonchev–Trinajstić information content (AvgIpc) is 3.13. The zero-order chi connectivity index (χ0) is 22.1. The molecular weight excluding hydrogens is 404 g/mol. The largest absolute Gasteiger partial charge is 0.473 e. The number of carbonyl (C=O) groups is 3. The van der Waals surface area contributed by atoms with Gasteiger partial charge >= 0.3 is 11.9 Å². The van der Waals surface area contributed by atoms with E-state index in [-0.39, 0.29) is 5.92 Å². The van der Waals surface area contributed by atoms with Crippen LogP contribution in [0.25, 0.3) is 0 Å². The average molecular weight is 433 g/mol. The summed E-state index contributed by atoms with van der Waals surface area (Å²) in [7, 11) is 1.93. The summed E-state index contributed by atoms with van der Waals surface area (Å²) in [5.41, 5.74) is 2.58. The molecule has 0 saturated carbocycles. The molecule has 1 aromatic carbocycles. The third-order valence-electron chi connectivity index (χ3n) is 5.09. The number of thiophene rings is 1. The van der Waals surface area contributed by atoms with Gasteiger partial charge < -0.3 is 15.1 Å². The molecule has 0 unspecified atom stereocenters. The fourth-order valence-corrected chi connectivity index (χ4v) is 4.30. The van der Waals surface area contributed by atoms with Crippen LogP contribution in [0.3, 0.4) is 0 Å². The number of nitrogens with zero attached hydrogens (tertiary/aromatic N) is 2. The van der Waals surface area contributed by atoms with Crippen LogP contribution in [0, 0.1) is 12.8 Å². The van der Waals surface area contributed by atoms with Crippen molar-refractivity contribution in [2.45, 2.75) is 32.9 Å². The number of carboxylic acid groups (broad SMARTS) is 2. The SMILES string of the molecule is Cc1ccsc1CN1CCC(C(=O)N(C)Cc2ccccc2)CC1.O=C(O)C(=O)O. The molecule has 30 heavy (non-hydrogen) atoms. The zero-order valence-electron chi connectivity index (χ0n) is 17.3. The molecule has 2 heterocycles. The van der Waals surface area contributed by atoms with E-state index in [2.05, 4.69) is 35.4 Å². The molecule has 1 fully saturated rings. The van der Waals surface area contributed by atoms with Crippen molar-refractivity contribution in [2.24, 2.45) is 5.92 Å². The van der Waals surface area contributed by atoms with Crippen molar-refractivity contribution in [2.75, 3.05) is 20.1 Å². The number of amides is 1. The molecule has 0 radical (unpaired) electrons. The molecule has 8 heteroatoms. The topological polar surface area (TPSA) is 98.2 Å². The highest BCUT2D eigenvalue weighted by Crippen LogP contribution is 2.24. The zero-order valence-corrected chi connectivity index (χ0v) is 18.1. The lowest BCUT2D eigenvalue weighted by Gasteiger charge is -2.33. The minimum atomic E-state index is -1.82. The maximum absolute atomic E-state index is 12.7. The van der Waals surface area contributed by atoms with Gasteiger partial charge in [0.25, 0.3) is 0 Å². The van der Waals surface area contributed by atoms with Gasteiger partial charge in [-0.25, -0.2) is 9.59 Å². The summed E-state index contributed by atoms with van der Waals surface area (Å²) in [5, 5.41) is 16.9. The monoisotopic (exact) mass is 432 g/mol. The molecule has 0 atom stereocenters. The third kappa shape index (κ3) is 7.27. The first-order chi connectivity index (χ1) is 14.3.